The second-order valence-corrected chi connectivity index (χ2v) is 5.11. The van der Waals surface area contributed by atoms with Crippen LogP contribution in [0.2, 0.25) is 0 Å². The van der Waals surface area contributed by atoms with Gasteiger partial charge in [-0.15, -0.1) is 11.3 Å². The molecule has 4 nitrogen and oxygen atoms in total. The Morgan fingerprint density at radius 1 is 1.44 bits per heavy atom. The summed E-state index contributed by atoms with van der Waals surface area (Å²) in [6, 6.07) is 3.82. The number of likely N-dealkylation sites (N-methyl/N-ethyl adjacent to an activating group) is 1. The maximum absolute atomic E-state index is 11.8. The van der Waals surface area contributed by atoms with Gasteiger partial charge in [-0.2, -0.15) is 0 Å². The zero-order valence-electron chi connectivity index (χ0n) is 10.8. The average Bonchev–Trinajstić information content (AvgIpc) is 2.82. The normalized spacial score (nSPS) is 10.1. The van der Waals surface area contributed by atoms with E-state index in [2.05, 4.69) is 0 Å². The van der Waals surface area contributed by atoms with Crippen LogP contribution in [0.15, 0.2) is 17.5 Å². The third-order valence-corrected chi connectivity index (χ3v) is 3.33. The van der Waals surface area contributed by atoms with Crippen LogP contribution in [-0.4, -0.2) is 37.0 Å². The van der Waals surface area contributed by atoms with Crippen LogP contribution in [0, 0.1) is 0 Å². The highest BCUT2D eigenvalue weighted by molar-refractivity contribution is 7.10. The highest BCUT2D eigenvalue weighted by Gasteiger charge is 2.14. The lowest BCUT2D eigenvalue weighted by Crippen LogP contribution is -2.34. The third kappa shape index (κ3) is 5.31. The van der Waals surface area contributed by atoms with Crippen LogP contribution in [-0.2, 0) is 20.7 Å². The van der Waals surface area contributed by atoms with Crippen LogP contribution in [0.5, 0.6) is 0 Å². The van der Waals surface area contributed by atoms with Crippen molar-refractivity contribution in [3.8, 4) is 0 Å². The quantitative estimate of drug-likeness (QED) is 0.562. The van der Waals surface area contributed by atoms with Crippen molar-refractivity contribution in [2.45, 2.75) is 26.2 Å². The molecule has 0 fully saturated rings. The second kappa shape index (κ2) is 7.87. The van der Waals surface area contributed by atoms with E-state index in [-0.39, 0.29) is 18.4 Å². The number of amides is 1. The summed E-state index contributed by atoms with van der Waals surface area (Å²) in [4.78, 5) is 25.6. The summed E-state index contributed by atoms with van der Waals surface area (Å²) in [5.74, 6) is -0.407. The maximum Gasteiger partial charge on any atom is 0.325 e. The monoisotopic (exact) mass is 269 g/mol. The maximum atomic E-state index is 11.8. The molecule has 0 aliphatic carbocycles. The van der Waals surface area contributed by atoms with Crippen molar-refractivity contribution in [3.63, 3.8) is 0 Å². The Morgan fingerprint density at radius 2 is 2.22 bits per heavy atom. The second-order valence-electron chi connectivity index (χ2n) is 4.08. The molecule has 0 aliphatic heterocycles. The van der Waals surface area contributed by atoms with E-state index >= 15 is 0 Å². The number of carbonyl (C=O) groups excluding carboxylic acids is 2. The molecule has 0 atom stereocenters. The molecule has 1 amide bonds. The standard InChI is InChI=1S/C13H19NO3S/c1-3-4-7-17-13(16)10-14(2)12(15)9-11-6-5-8-18-11/h5-6,8H,3-4,7,9-10H2,1-2H3. The van der Waals surface area contributed by atoms with Crippen molar-refractivity contribution in [1.82, 2.24) is 4.90 Å². The third-order valence-electron chi connectivity index (χ3n) is 2.46. The number of hydrogen-bond donors (Lipinski definition) is 0. The predicted octanol–water partition coefficient (Wildman–Crippen LogP) is 2.09. The molecular weight excluding hydrogens is 250 g/mol. The first-order valence-electron chi connectivity index (χ1n) is 6.05. The van der Waals surface area contributed by atoms with Crippen molar-refractivity contribution in [2.24, 2.45) is 0 Å². The van der Waals surface area contributed by atoms with Gasteiger partial charge in [-0.25, -0.2) is 0 Å². The lowest BCUT2D eigenvalue weighted by atomic mass is 10.3. The fraction of sp³-hybridized carbons (Fsp3) is 0.538. The molecular formula is C13H19NO3S. The number of ether oxygens (including phenoxy) is 1. The van der Waals surface area contributed by atoms with Gasteiger partial charge in [0, 0.05) is 11.9 Å². The van der Waals surface area contributed by atoms with E-state index in [1.54, 1.807) is 18.4 Å². The van der Waals surface area contributed by atoms with Crippen LogP contribution < -0.4 is 0 Å². The molecule has 0 saturated carbocycles. The minimum absolute atomic E-state index is 0.0217. The molecule has 0 saturated heterocycles. The smallest absolute Gasteiger partial charge is 0.325 e. The first kappa shape index (κ1) is 14.7. The number of rotatable bonds is 7. The first-order valence-corrected chi connectivity index (χ1v) is 6.93. The Morgan fingerprint density at radius 3 is 2.83 bits per heavy atom. The fourth-order valence-electron chi connectivity index (χ4n) is 1.35. The number of esters is 1. The van der Waals surface area contributed by atoms with Gasteiger partial charge in [0.15, 0.2) is 0 Å². The van der Waals surface area contributed by atoms with Crippen LogP contribution in [0.1, 0.15) is 24.6 Å². The molecule has 5 heteroatoms. The van der Waals surface area contributed by atoms with Gasteiger partial charge in [0.1, 0.15) is 6.54 Å². The molecule has 0 aliphatic rings. The van der Waals surface area contributed by atoms with Gasteiger partial charge < -0.3 is 9.64 Å². The van der Waals surface area contributed by atoms with Gasteiger partial charge in [0.2, 0.25) is 5.91 Å². The number of unbranched alkanes of at least 4 members (excludes halogenated alkanes) is 1. The van der Waals surface area contributed by atoms with E-state index in [1.165, 1.54) is 4.90 Å². The Kier molecular flexibility index (Phi) is 6.43. The molecule has 1 aromatic heterocycles. The van der Waals surface area contributed by atoms with Gasteiger partial charge in [0.25, 0.3) is 0 Å². The van der Waals surface area contributed by atoms with E-state index < -0.39 is 0 Å². The van der Waals surface area contributed by atoms with Gasteiger partial charge in [0.05, 0.1) is 13.0 Å². The lowest BCUT2D eigenvalue weighted by molar-refractivity contribution is -0.148. The largest absolute Gasteiger partial charge is 0.464 e. The molecule has 0 spiro atoms. The molecule has 1 aromatic rings. The van der Waals surface area contributed by atoms with Crippen LogP contribution in [0.4, 0.5) is 0 Å². The van der Waals surface area contributed by atoms with Crippen molar-refractivity contribution in [3.05, 3.63) is 22.4 Å². The number of nitrogens with zero attached hydrogens (tertiary/aromatic N) is 1. The number of thiophene rings is 1. The Balaban J connectivity index is 2.28. The molecule has 1 rings (SSSR count). The van der Waals surface area contributed by atoms with Gasteiger partial charge in [-0.3, -0.25) is 9.59 Å². The zero-order chi connectivity index (χ0) is 13.4. The fourth-order valence-corrected chi connectivity index (χ4v) is 2.05. The van der Waals surface area contributed by atoms with Crippen LogP contribution in [0.25, 0.3) is 0 Å². The molecule has 0 N–H and O–H groups in total. The van der Waals surface area contributed by atoms with E-state index in [4.69, 9.17) is 4.74 Å². The van der Waals surface area contributed by atoms with Gasteiger partial charge in [-0.05, 0) is 17.9 Å². The minimum Gasteiger partial charge on any atom is -0.464 e. The molecule has 1 heterocycles. The van der Waals surface area contributed by atoms with Crippen molar-refractivity contribution < 1.29 is 14.3 Å². The summed E-state index contributed by atoms with van der Waals surface area (Å²) in [6.45, 7) is 2.49. The molecule has 100 valence electrons. The Bertz CT molecular complexity index is 376. The van der Waals surface area contributed by atoms with Crippen molar-refractivity contribution in [1.29, 1.82) is 0 Å². The first-order chi connectivity index (χ1) is 8.63. The topological polar surface area (TPSA) is 46.6 Å². The summed E-state index contributed by atoms with van der Waals surface area (Å²) in [5.41, 5.74) is 0. The highest BCUT2D eigenvalue weighted by atomic mass is 32.1. The highest BCUT2D eigenvalue weighted by Crippen LogP contribution is 2.10. The van der Waals surface area contributed by atoms with Gasteiger partial charge in [-0.1, -0.05) is 19.4 Å². The number of carbonyl (C=O) groups is 2. The Hall–Kier alpha value is -1.36. The van der Waals surface area contributed by atoms with E-state index in [9.17, 15) is 9.59 Å². The van der Waals surface area contributed by atoms with E-state index in [0.717, 1.165) is 17.7 Å². The Labute approximate surface area is 112 Å². The molecule has 0 aromatic carbocycles. The average molecular weight is 269 g/mol. The summed E-state index contributed by atoms with van der Waals surface area (Å²) in [7, 11) is 1.62. The number of hydrogen-bond acceptors (Lipinski definition) is 4. The summed E-state index contributed by atoms with van der Waals surface area (Å²) in [5, 5.41) is 1.93. The lowest BCUT2D eigenvalue weighted by Gasteiger charge is -2.15. The van der Waals surface area contributed by atoms with Crippen molar-refractivity contribution in [2.75, 3.05) is 20.2 Å². The van der Waals surface area contributed by atoms with Crippen molar-refractivity contribution >= 4 is 23.2 Å². The zero-order valence-corrected chi connectivity index (χ0v) is 11.7. The van der Waals surface area contributed by atoms with E-state index in [0.29, 0.717) is 13.0 Å². The molecule has 0 unspecified atom stereocenters. The van der Waals surface area contributed by atoms with E-state index in [1.807, 2.05) is 24.4 Å². The summed E-state index contributed by atoms with van der Waals surface area (Å²) >= 11 is 1.54. The van der Waals surface area contributed by atoms with Crippen LogP contribution in [0.3, 0.4) is 0 Å². The summed E-state index contributed by atoms with van der Waals surface area (Å²) < 4.78 is 5.01. The molecule has 0 bridgehead atoms. The SMILES string of the molecule is CCCCOC(=O)CN(C)C(=O)Cc1cccs1. The molecule has 0 radical (unpaired) electrons. The van der Waals surface area contributed by atoms with Gasteiger partial charge >= 0.3 is 5.97 Å². The minimum atomic E-state index is -0.342. The van der Waals surface area contributed by atoms with Crippen LogP contribution >= 0.6 is 11.3 Å². The summed E-state index contributed by atoms with van der Waals surface area (Å²) in [6.07, 6.45) is 2.19. The predicted molar refractivity (Wildman–Crippen MR) is 71.5 cm³/mol. The molecule has 18 heavy (non-hydrogen) atoms.